The fraction of sp³-hybridized carbons (Fsp3) is 0.583. The van der Waals surface area contributed by atoms with E-state index < -0.39 is 0 Å². The molecule has 0 spiro atoms. The van der Waals surface area contributed by atoms with Crippen molar-refractivity contribution in [2.45, 2.75) is 46.5 Å². The first-order valence-electron chi connectivity index (χ1n) is 4.68. The van der Waals surface area contributed by atoms with E-state index in [2.05, 4.69) is 27.4 Å². The smallest absolute Gasteiger partial charge is 0 e. The third kappa shape index (κ3) is 123. The van der Waals surface area contributed by atoms with Gasteiger partial charge in [0.15, 0.2) is 0 Å². The maximum absolute atomic E-state index is 3.72. The first-order chi connectivity index (χ1) is 5.74. The molecular formula is C12H25Zn-3. The molecule has 0 nitrogen and oxygen atoms in total. The number of hydrogen-bond acceptors (Lipinski definition) is 0. The summed E-state index contributed by atoms with van der Waals surface area (Å²) in [6.07, 6.45) is 8.57. The number of allylic oxidation sites excluding steroid dienone is 1. The Hall–Kier alpha value is 0.233. The summed E-state index contributed by atoms with van der Waals surface area (Å²) in [5, 5.41) is 0. The van der Waals surface area contributed by atoms with Crippen LogP contribution in [0.4, 0.5) is 0 Å². The molecule has 0 N–H and O–H groups in total. The summed E-state index contributed by atoms with van der Waals surface area (Å²) in [7, 11) is 0. The molecule has 0 aromatic rings. The Morgan fingerprint density at radius 1 is 1.31 bits per heavy atom. The molecule has 0 radical (unpaired) electrons. The molecule has 13 heavy (non-hydrogen) atoms. The average molecular weight is 235 g/mol. The van der Waals surface area contributed by atoms with Crippen molar-refractivity contribution in [1.82, 2.24) is 0 Å². The Morgan fingerprint density at radius 3 is 1.69 bits per heavy atom. The summed E-state index contributed by atoms with van der Waals surface area (Å²) in [5.41, 5.74) is 0. The second-order valence-electron chi connectivity index (χ2n) is 2.43. The summed E-state index contributed by atoms with van der Waals surface area (Å²) in [5.74, 6) is 0. The fourth-order valence-corrected chi connectivity index (χ4v) is 0.427. The van der Waals surface area contributed by atoms with Crippen LogP contribution in [0.5, 0.6) is 0 Å². The van der Waals surface area contributed by atoms with Crippen LogP contribution in [0, 0.1) is 20.3 Å². The van der Waals surface area contributed by atoms with Gasteiger partial charge < -0.3 is 13.3 Å². The van der Waals surface area contributed by atoms with Crippen molar-refractivity contribution >= 4 is 0 Å². The maximum atomic E-state index is 3.72. The summed E-state index contributed by atoms with van der Waals surface area (Å²) in [6.45, 7) is 16.4. The molecule has 0 atom stereocenters. The largest absolute Gasteiger partial charge is 0.343 e. The molecule has 0 rings (SSSR count). The van der Waals surface area contributed by atoms with E-state index in [0.717, 1.165) is 6.42 Å². The zero-order valence-electron chi connectivity index (χ0n) is 9.81. The molecule has 0 bridgehead atoms. The third-order valence-electron chi connectivity index (χ3n) is 0.854. The van der Waals surface area contributed by atoms with Crippen molar-refractivity contribution in [2.24, 2.45) is 0 Å². The Balaban J connectivity index is -0.0000000501. The van der Waals surface area contributed by atoms with E-state index in [0.29, 0.717) is 0 Å². The van der Waals surface area contributed by atoms with E-state index in [1.807, 2.05) is 20.3 Å². The van der Waals surface area contributed by atoms with Gasteiger partial charge in [0, 0.05) is 19.5 Å². The molecule has 0 heterocycles. The minimum atomic E-state index is 0. The molecule has 0 aromatic heterocycles. The second kappa shape index (κ2) is 39.7. The molecule has 0 fully saturated rings. The molecule has 0 amide bonds. The van der Waals surface area contributed by atoms with Crippen molar-refractivity contribution in [3.63, 3.8) is 0 Å². The third-order valence-corrected chi connectivity index (χ3v) is 0.854. The van der Waals surface area contributed by atoms with Crippen LogP contribution in [0.1, 0.15) is 46.5 Å². The van der Waals surface area contributed by atoms with Crippen LogP contribution in [0.25, 0.3) is 0 Å². The molecular weight excluding hydrogens is 210 g/mol. The standard InChI is InChI=1S/C6H13.C3H7.C3H5.Zn/c1-3-5-6-4-2;2*1-3-2;/h1,3-6H2,2H3;3H,1-2H3;3H,1-2H2;/q3*-1;. The van der Waals surface area contributed by atoms with Crippen LogP contribution < -0.4 is 0 Å². The Kier molecular flexibility index (Phi) is 71.0. The summed E-state index contributed by atoms with van der Waals surface area (Å²) >= 11 is 0. The maximum Gasteiger partial charge on any atom is 0 e. The van der Waals surface area contributed by atoms with Crippen LogP contribution in [-0.4, -0.2) is 0 Å². The first kappa shape index (κ1) is 23.2. The van der Waals surface area contributed by atoms with Crippen molar-refractivity contribution in [3.05, 3.63) is 32.9 Å². The monoisotopic (exact) mass is 233 g/mol. The van der Waals surface area contributed by atoms with E-state index in [4.69, 9.17) is 0 Å². The Labute approximate surface area is 99.0 Å². The minimum absolute atomic E-state index is 0. The molecule has 0 saturated carbocycles. The summed E-state index contributed by atoms with van der Waals surface area (Å²) in [6, 6.07) is 0. The molecule has 1 heteroatoms. The molecule has 0 saturated heterocycles. The van der Waals surface area contributed by atoms with Crippen LogP contribution in [0.3, 0.4) is 0 Å². The van der Waals surface area contributed by atoms with E-state index in [9.17, 15) is 0 Å². The van der Waals surface area contributed by atoms with Crippen LogP contribution in [0.15, 0.2) is 12.7 Å². The van der Waals surface area contributed by atoms with Crippen molar-refractivity contribution in [2.75, 3.05) is 0 Å². The van der Waals surface area contributed by atoms with Crippen LogP contribution in [-0.2, 0) is 19.5 Å². The summed E-state index contributed by atoms with van der Waals surface area (Å²) in [4.78, 5) is 0. The van der Waals surface area contributed by atoms with E-state index >= 15 is 0 Å². The zero-order valence-corrected chi connectivity index (χ0v) is 12.8. The van der Waals surface area contributed by atoms with Crippen LogP contribution >= 0.6 is 0 Å². The molecule has 0 aliphatic rings. The van der Waals surface area contributed by atoms with Gasteiger partial charge in [0.05, 0.1) is 0 Å². The van der Waals surface area contributed by atoms with Gasteiger partial charge in [0.25, 0.3) is 0 Å². The molecule has 78 valence electrons. The number of hydrogen-bond donors (Lipinski definition) is 0. The first-order valence-corrected chi connectivity index (χ1v) is 4.68. The van der Waals surface area contributed by atoms with E-state index in [-0.39, 0.29) is 19.5 Å². The van der Waals surface area contributed by atoms with Gasteiger partial charge in [0.1, 0.15) is 0 Å². The molecule has 0 aliphatic heterocycles. The predicted molar refractivity (Wildman–Crippen MR) is 60.7 cm³/mol. The topological polar surface area (TPSA) is 0 Å². The van der Waals surface area contributed by atoms with Crippen LogP contribution in [0.2, 0.25) is 0 Å². The van der Waals surface area contributed by atoms with Gasteiger partial charge in [-0.3, -0.25) is 0 Å². The average Bonchev–Trinajstić information content (AvgIpc) is 2.04. The fourth-order valence-electron chi connectivity index (χ4n) is 0.427. The minimum Gasteiger partial charge on any atom is -0.343 e. The van der Waals surface area contributed by atoms with Gasteiger partial charge >= 0.3 is 0 Å². The normalized spacial score (nSPS) is 6.46. The van der Waals surface area contributed by atoms with E-state index in [1.54, 1.807) is 0 Å². The predicted octanol–water partition coefficient (Wildman–Crippen LogP) is 4.64. The van der Waals surface area contributed by atoms with Crippen molar-refractivity contribution in [3.8, 4) is 0 Å². The van der Waals surface area contributed by atoms with Gasteiger partial charge in [0.2, 0.25) is 0 Å². The summed E-state index contributed by atoms with van der Waals surface area (Å²) < 4.78 is 0. The van der Waals surface area contributed by atoms with Crippen molar-refractivity contribution < 1.29 is 19.5 Å². The van der Waals surface area contributed by atoms with Gasteiger partial charge in [-0.15, -0.1) is 0 Å². The molecule has 0 aromatic carbocycles. The van der Waals surface area contributed by atoms with E-state index in [1.165, 1.54) is 25.3 Å². The van der Waals surface area contributed by atoms with Gasteiger partial charge in [-0.2, -0.15) is 20.3 Å². The van der Waals surface area contributed by atoms with Gasteiger partial charge in [-0.05, 0) is 0 Å². The Bertz CT molecular complexity index is 47.1. The van der Waals surface area contributed by atoms with Gasteiger partial charge in [-0.1, -0.05) is 26.2 Å². The van der Waals surface area contributed by atoms with Crippen molar-refractivity contribution in [1.29, 1.82) is 0 Å². The number of unbranched alkanes of at least 4 members (excludes halogenated alkanes) is 3. The SMILES string of the molecule is C=C[CH2-].C[CH-]C.[CH2-]CCCCC.[Zn]. The van der Waals surface area contributed by atoms with Gasteiger partial charge in [-0.25, -0.2) is 19.6 Å². The quantitative estimate of drug-likeness (QED) is 0.379. The molecule has 0 aliphatic carbocycles. The number of rotatable bonds is 3. The second-order valence-corrected chi connectivity index (χ2v) is 2.43. The molecule has 0 unspecified atom stereocenters. The zero-order chi connectivity index (χ0) is 10.2. The Morgan fingerprint density at radius 2 is 1.62 bits per heavy atom.